The van der Waals surface area contributed by atoms with Crippen molar-refractivity contribution in [1.29, 1.82) is 0 Å². The number of nitrogens with zero attached hydrogens (tertiary/aromatic N) is 3. The number of hydrogen-bond donors (Lipinski definition) is 1. The SMILES string of the molecule is CS(=O)(=O)c1cc(NCc2nnc(-c3ccccc3)s2)ccc1[N+](=O)[O-]. The highest BCUT2D eigenvalue weighted by atomic mass is 32.2. The van der Waals surface area contributed by atoms with Gasteiger partial charge in [-0.05, 0) is 12.1 Å². The zero-order valence-corrected chi connectivity index (χ0v) is 15.3. The predicted molar refractivity (Wildman–Crippen MR) is 98.9 cm³/mol. The maximum atomic E-state index is 11.8. The van der Waals surface area contributed by atoms with Gasteiger partial charge in [-0.1, -0.05) is 41.7 Å². The second kappa shape index (κ2) is 7.18. The lowest BCUT2D eigenvalue weighted by Crippen LogP contribution is -2.05. The maximum Gasteiger partial charge on any atom is 0.288 e. The lowest BCUT2D eigenvalue weighted by atomic mass is 10.2. The number of rotatable bonds is 6. The van der Waals surface area contributed by atoms with Crippen molar-refractivity contribution in [2.75, 3.05) is 11.6 Å². The fourth-order valence-electron chi connectivity index (χ4n) is 2.27. The van der Waals surface area contributed by atoms with Crippen molar-refractivity contribution in [1.82, 2.24) is 10.2 Å². The van der Waals surface area contributed by atoms with E-state index in [2.05, 4.69) is 15.5 Å². The molecule has 0 bridgehead atoms. The van der Waals surface area contributed by atoms with Gasteiger partial charge >= 0.3 is 0 Å². The summed E-state index contributed by atoms with van der Waals surface area (Å²) in [7, 11) is -3.72. The van der Waals surface area contributed by atoms with Gasteiger partial charge < -0.3 is 5.32 Å². The Bertz CT molecular complexity index is 1050. The van der Waals surface area contributed by atoms with Gasteiger partial charge in [0.2, 0.25) is 0 Å². The van der Waals surface area contributed by atoms with Crippen LogP contribution in [0.2, 0.25) is 0 Å². The van der Waals surface area contributed by atoms with Crippen molar-refractivity contribution < 1.29 is 13.3 Å². The summed E-state index contributed by atoms with van der Waals surface area (Å²) in [5.41, 5.74) is 0.971. The molecule has 3 rings (SSSR count). The van der Waals surface area contributed by atoms with Gasteiger partial charge in [-0.15, -0.1) is 10.2 Å². The van der Waals surface area contributed by atoms with Crippen LogP contribution in [-0.4, -0.2) is 29.8 Å². The van der Waals surface area contributed by atoms with E-state index in [0.29, 0.717) is 17.2 Å². The molecular weight excluding hydrogens is 376 g/mol. The van der Waals surface area contributed by atoms with E-state index in [-0.39, 0.29) is 4.90 Å². The Morgan fingerprint density at radius 3 is 2.54 bits per heavy atom. The smallest absolute Gasteiger partial charge is 0.288 e. The molecule has 26 heavy (non-hydrogen) atoms. The van der Waals surface area contributed by atoms with Crippen molar-refractivity contribution in [2.24, 2.45) is 0 Å². The molecule has 3 aromatic rings. The van der Waals surface area contributed by atoms with Gasteiger partial charge in [0.15, 0.2) is 9.84 Å². The Kier molecular flexibility index (Phi) is 4.96. The van der Waals surface area contributed by atoms with Crippen LogP contribution in [0.15, 0.2) is 53.4 Å². The molecule has 134 valence electrons. The molecule has 0 amide bonds. The van der Waals surface area contributed by atoms with Crippen LogP contribution < -0.4 is 5.32 Å². The highest BCUT2D eigenvalue weighted by molar-refractivity contribution is 7.90. The maximum absolute atomic E-state index is 11.8. The fraction of sp³-hybridized carbons (Fsp3) is 0.125. The zero-order chi connectivity index (χ0) is 18.7. The van der Waals surface area contributed by atoms with Crippen LogP contribution in [0, 0.1) is 10.1 Å². The number of aromatic nitrogens is 2. The number of nitro groups is 1. The first kappa shape index (κ1) is 18.0. The molecule has 0 unspecified atom stereocenters. The van der Waals surface area contributed by atoms with Crippen LogP contribution in [0.5, 0.6) is 0 Å². The molecule has 0 fully saturated rings. The molecule has 0 saturated carbocycles. The van der Waals surface area contributed by atoms with Gasteiger partial charge in [-0.3, -0.25) is 10.1 Å². The number of hydrogen-bond acceptors (Lipinski definition) is 8. The number of benzene rings is 2. The van der Waals surface area contributed by atoms with Crippen LogP contribution in [0.3, 0.4) is 0 Å². The van der Waals surface area contributed by atoms with E-state index in [0.717, 1.165) is 16.8 Å². The highest BCUT2D eigenvalue weighted by Crippen LogP contribution is 2.28. The first-order valence-corrected chi connectivity index (χ1v) is 10.2. The monoisotopic (exact) mass is 390 g/mol. The van der Waals surface area contributed by atoms with E-state index in [9.17, 15) is 18.5 Å². The molecule has 1 N–H and O–H groups in total. The van der Waals surface area contributed by atoms with Gasteiger partial charge in [-0.25, -0.2) is 8.42 Å². The molecule has 0 aliphatic carbocycles. The first-order valence-electron chi connectivity index (χ1n) is 7.45. The predicted octanol–water partition coefficient (Wildman–Crippen LogP) is 3.13. The molecule has 10 heteroatoms. The summed E-state index contributed by atoms with van der Waals surface area (Å²) in [6, 6.07) is 13.5. The summed E-state index contributed by atoms with van der Waals surface area (Å²) in [5, 5.41) is 23.8. The summed E-state index contributed by atoms with van der Waals surface area (Å²) in [6.07, 6.45) is 0.940. The molecule has 0 aliphatic heterocycles. The molecule has 2 aromatic carbocycles. The van der Waals surface area contributed by atoms with E-state index in [1.54, 1.807) is 0 Å². The molecule has 0 aliphatic rings. The van der Waals surface area contributed by atoms with Crippen LogP contribution in [0.1, 0.15) is 5.01 Å². The first-order chi connectivity index (χ1) is 12.3. The van der Waals surface area contributed by atoms with E-state index in [4.69, 9.17) is 0 Å². The Morgan fingerprint density at radius 2 is 1.88 bits per heavy atom. The van der Waals surface area contributed by atoms with Crippen LogP contribution in [0.25, 0.3) is 10.6 Å². The number of nitro benzene ring substituents is 1. The van der Waals surface area contributed by atoms with E-state index in [1.165, 1.54) is 29.5 Å². The van der Waals surface area contributed by atoms with E-state index >= 15 is 0 Å². The standard InChI is InChI=1S/C16H14N4O4S2/c1-26(23,24)14-9-12(7-8-13(14)20(21)22)17-10-15-18-19-16(25-15)11-5-3-2-4-6-11/h2-9,17H,10H2,1H3. The third-order valence-electron chi connectivity index (χ3n) is 3.49. The fourth-order valence-corrected chi connectivity index (χ4v) is 3.92. The molecule has 0 atom stereocenters. The number of anilines is 1. The molecule has 0 radical (unpaired) electrons. The quantitative estimate of drug-likeness (QED) is 0.508. The van der Waals surface area contributed by atoms with Crippen LogP contribution in [0.4, 0.5) is 11.4 Å². The summed E-state index contributed by atoms with van der Waals surface area (Å²) in [6.45, 7) is 0.325. The minimum atomic E-state index is -3.72. The molecular formula is C16H14N4O4S2. The largest absolute Gasteiger partial charge is 0.378 e. The van der Waals surface area contributed by atoms with Crippen molar-refractivity contribution in [3.63, 3.8) is 0 Å². The average molecular weight is 390 g/mol. The summed E-state index contributed by atoms with van der Waals surface area (Å²) in [4.78, 5) is 9.97. The van der Waals surface area contributed by atoms with Crippen LogP contribution in [-0.2, 0) is 16.4 Å². The van der Waals surface area contributed by atoms with Gasteiger partial charge in [0.05, 0.1) is 11.5 Å². The molecule has 1 heterocycles. The normalized spacial score (nSPS) is 11.3. The number of nitrogens with one attached hydrogen (secondary N) is 1. The molecule has 0 spiro atoms. The highest BCUT2D eigenvalue weighted by Gasteiger charge is 2.22. The lowest BCUT2D eigenvalue weighted by Gasteiger charge is -2.06. The number of sulfone groups is 1. The Balaban J connectivity index is 1.78. The Hall–Kier alpha value is -2.85. The van der Waals surface area contributed by atoms with E-state index in [1.807, 2.05) is 30.3 Å². The van der Waals surface area contributed by atoms with Crippen LogP contribution >= 0.6 is 11.3 Å². The van der Waals surface area contributed by atoms with Gasteiger partial charge in [0.1, 0.15) is 14.9 Å². The second-order valence-electron chi connectivity index (χ2n) is 5.43. The summed E-state index contributed by atoms with van der Waals surface area (Å²) >= 11 is 1.41. The summed E-state index contributed by atoms with van der Waals surface area (Å²) in [5.74, 6) is 0. The average Bonchev–Trinajstić information content (AvgIpc) is 3.08. The van der Waals surface area contributed by atoms with Crippen molar-refractivity contribution in [3.8, 4) is 10.6 Å². The van der Waals surface area contributed by atoms with Crippen molar-refractivity contribution >= 4 is 32.5 Å². The minimum Gasteiger partial charge on any atom is -0.378 e. The molecule has 8 nitrogen and oxygen atoms in total. The van der Waals surface area contributed by atoms with Crippen molar-refractivity contribution in [3.05, 3.63) is 63.7 Å². The zero-order valence-electron chi connectivity index (χ0n) is 13.6. The third kappa shape index (κ3) is 4.03. The second-order valence-corrected chi connectivity index (χ2v) is 8.48. The summed E-state index contributed by atoms with van der Waals surface area (Å²) < 4.78 is 23.6. The third-order valence-corrected chi connectivity index (χ3v) is 5.59. The Labute approximate surface area is 153 Å². The lowest BCUT2D eigenvalue weighted by molar-refractivity contribution is -0.387. The minimum absolute atomic E-state index is 0.324. The Morgan fingerprint density at radius 1 is 1.15 bits per heavy atom. The topological polar surface area (TPSA) is 115 Å². The van der Waals surface area contributed by atoms with Crippen molar-refractivity contribution in [2.45, 2.75) is 11.4 Å². The van der Waals surface area contributed by atoms with Gasteiger partial charge in [-0.2, -0.15) is 0 Å². The van der Waals surface area contributed by atoms with Gasteiger partial charge in [0, 0.05) is 23.6 Å². The molecule has 0 saturated heterocycles. The van der Waals surface area contributed by atoms with Gasteiger partial charge in [0.25, 0.3) is 5.69 Å². The molecule has 1 aromatic heterocycles. The van der Waals surface area contributed by atoms with E-state index < -0.39 is 20.4 Å².